The number of ether oxygens (including phenoxy) is 1. The monoisotopic (exact) mass is 462 g/mol. The molecule has 1 atom stereocenters. The first-order valence-corrected chi connectivity index (χ1v) is 12.4. The number of amides is 2. The van der Waals surface area contributed by atoms with Crippen molar-refractivity contribution < 1.29 is 22.7 Å². The number of sulfonamides is 1. The van der Waals surface area contributed by atoms with Crippen LogP contribution < -0.4 is 4.74 Å². The topological polar surface area (TPSA) is 90.5 Å². The maximum absolute atomic E-state index is 13.3. The number of nitrogens with zero attached hydrogens (tertiary/aromatic N) is 4. The third-order valence-electron chi connectivity index (χ3n) is 6.36. The van der Waals surface area contributed by atoms with E-state index in [4.69, 9.17) is 4.74 Å². The fourth-order valence-electron chi connectivity index (χ4n) is 4.44. The summed E-state index contributed by atoms with van der Waals surface area (Å²) in [5.74, 6) is 0.389. The van der Waals surface area contributed by atoms with Crippen LogP contribution >= 0.6 is 0 Å². The largest absolute Gasteiger partial charge is 0.493 e. The van der Waals surface area contributed by atoms with E-state index in [0.717, 1.165) is 5.57 Å². The highest BCUT2D eigenvalue weighted by Gasteiger charge is 2.40. The Labute approximate surface area is 189 Å². The number of carbonyl (C=O) groups excluding carboxylic acids is 2. The lowest BCUT2D eigenvalue weighted by Gasteiger charge is -2.41. The number of rotatable bonds is 5. The van der Waals surface area contributed by atoms with Crippen LogP contribution in [0.25, 0.3) is 5.57 Å². The standard InChI is InChI=1S/C22H30N4O5S/c1-4-31-20-8-6-17(32(29,30)25-11-9-23(2)10-12-25)13-18(20)16-5-7-19-22(28)24(3)15-21(27)26(19)14-16/h5-6,8,13,19H,4,7,9-12,14-15H2,1-3H3/t19-/m1/s1. The third kappa shape index (κ3) is 4.14. The van der Waals surface area contributed by atoms with Crippen LogP contribution in [-0.2, 0) is 19.6 Å². The predicted octanol–water partition coefficient (Wildman–Crippen LogP) is 0.478. The van der Waals surface area contributed by atoms with E-state index in [9.17, 15) is 18.0 Å². The summed E-state index contributed by atoms with van der Waals surface area (Å²) in [4.78, 5) is 30.5. The summed E-state index contributed by atoms with van der Waals surface area (Å²) in [5, 5.41) is 0. The van der Waals surface area contributed by atoms with Crippen molar-refractivity contribution in [1.82, 2.24) is 19.0 Å². The van der Waals surface area contributed by atoms with E-state index >= 15 is 0 Å². The van der Waals surface area contributed by atoms with Crippen molar-refractivity contribution in [2.24, 2.45) is 0 Å². The average Bonchev–Trinajstić information content (AvgIpc) is 2.78. The molecule has 0 aliphatic carbocycles. The van der Waals surface area contributed by atoms with Gasteiger partial charge in [-0.05, 0) is 44.2 Å². The van der Waals surface area contributed by atoms with Crippen LogP contribution in [-0.4, -0.2) is 105 Å². The molecule has 0 radical (unpaired) electrons. The summed E-state index contributed by atoms with van der Waals surface area (Å²) < 4.78 is 33.9. The molecule has 1 aromatic rings. The highest BCUT2D eigenvalue weighted by molar-refractivity contribution is 7.89. The molecule has 2 fully saturated rings. The Morgan fingerprint density at radius 1 is 1.06 bits per heavy atom. The normalized spacial score (nSPS) is 23.2. The molecule has 2 saturated heterocycles. The van der Waals surface area contributed by atoms with Gasteiger partial charge in [0.2, 0.25) is 21.8 Å². The molecule has 3 aliphatic heterocycles. The molecule has 9 nitrogen and oxygen atoms in total. The van der Waals surface area contributed by atoms with E-state index in [1.807, 2.05) is 20.0 Å². The van der Waals surface area contributed by atoms with Gasteiger partial charge in [-0.2, -0.15) is 4.31 Å². The van der Waals surface area contributed by atoms with Gasteiger partial charge in [-0.3, -0.25) is 9.59 Å². The van der Waals surface area contributed by atoms with Crippen LogP contribution in [0.15, 0.2) is 29.2 Å². The van der Waals surface area contributed by atoms with Crippen molar-refractivity contribution in [3.8, 4) is 5.75 Å². The van der Waals surface area contributed by atoms with Gasteiger partial charge in [0, 0.05) is 45.3 Å². The van der Waals surface area contributed by atoms with Gasteiger partial charge in [0.05, 0.1) is 18.0 Å². The molecule has 4 rings (SSSR count). The van der Waals surface area contributed by atoms with Gasteiger partial charge in [0.15, 0.2) is 0 Å². The van der Waals surface area contributed by atoms with Gasteiger partial charge < -0.3 is 19.4 Å². The Morgan fingerprint density at radius 3 is 2.47 bits per heavy atom. The molecule has 0 N–H and O–H groups in total. The Hall–Kier alpha value is -2.43. The smallest absolute Gasteiger partial charge is 0.245 e. The van der Waals surface area contributed by atoms with E-state index in [1.165, 1.54) is 9.21 Å². The summed E-state index contributed by atoms with van der Waals surface area (Å²) in [5.41, 5.74) is 1.45. The first kappa shape index (κ1) is 22.8. The molecule has 0 unspecified atom stereocenters. The summed E-state index contributed by atoms with van der Waals surface area (Å²) >= 11 is 0. The first-order valence-electron chi connectivity index (χ1n) is 10.9. The van der Waals surface area contributed by atoms with Crippen LogP contribution in [0, 0.1) is 0 Å². The van der Waals surface area contributed by atoms with Crippen molar-refractivity contribution in [3.63, 3.8) is 0 Å². The van der Waals surface area contributed by atoms with Gasteiger partial charge in [0.1, 0.15) is 11.8 Å². The lowest BCUT2D eigenvalue weighted by atomic mass is 9.94. The van der Waals surface area contributed by atoms with E-state index in [-0.39, 0.29) is 29.8 Å². The SMILES string of the molecule is CCOc1ccc(S(=O)(=O)N2CCN(C)CC2)cc1C1=CC[C@@H]2C(=O)N(C)CC(=O)N2C1. The summed E-state index contributed by atoms with van der Waals surface area (Å²) in [7, 11) is -0.0320. The predicted molar refractivity (Wildman–Crippen MR) is 120 cm³/mol. The van der Waals surface area contributed by atoms with Crippen molar-refractivity contribution in [1.29, 1.82) is 0 Å². The average molecular weight is 463 g/mol. The van der Waals surface area contributed by atoms with Gasteiger partial charge in [-0.25, -0.2) is 8.42 Å². The molecule has 1 aromatic carbocycles. The zero-order valence-electron chi connectivity index (χ0n) is 18.8. The molecule has 3 heterocycles. The summed E-state index contributed by atoms with van der Waals surface area (Å²) in [6.07, 6.45) is 2.32. The maximum atomic E-state index is 13.3. The number of hydrogen-bond donors (Lipinski definition) is 0. The Morgan fingerprint density at radius 2 is 1.78 bits per heavy atom. The van der Waals surface area contributed by atoms with Gasteiger partial charge in [-0.15, -0.1) is 0 Å². The van der Waals surface area contributed by atoms with E-state index in [1.54, 1.807) is 30.1 Å². The maximum Gasteiger partial charge on any atom is 0.245 e. The van der Waals surface area contributed by atoms with E-state index < -0.39 is 16.1 Å². The van der Waals surface area contributed by atoms with E-state index in [0.29, 0.717) is 50.5 Å². The fourth-order valence-corrected chi connectivity index (χ4v) is 5.89. The third-order valence-corrected chi connectivity index (χ3v) is 8.25. The van der Waals surface area contributed by atoms with Gasteiger partial charge >= 0.3 is 0 Å². The molecular formula is C22H30N4O5S. The quantitative estimate of drug-likeness (QED) is 0.632. The Balaban J connectivity index is 1.68. The Bertz CT molecular complexity index is 1050. The highest BCUT2D eigenvalue weighted by Crippen LogP contribution is 2.35. The van der Waals surface area contributed by atoms with Crippen LogP contribution in [0.5, 0.6) is 5.75 Å². The van der Waals surface area contributed by atoms with Crippen LogP contribution in [0.4, 0.5) is 0 Å². The zero-order chi connectivity index (χ0) is 23.0. The number of hydrogen-bond acceptors (Lipinski definition) is 6. The molecular weight excluding hydrogens is 432 g/mol. The van der Waals surface area contributed by atoms with Crippen molar-refractivity contribution in [3.05, 3.63) is 29.8 Å². The minimum absolute atomic E-state index is 0.0543. The van der Waals surface area contributed by atoms with Crippen LogP contribution in [0.3, 0.4) is 0 Å². The summed E-state index contributed by atoms with van der Waals surface area (Å²) in [6, 6.07) is 4.41. The second-order valence-corrected chi connectivity index (χ2v) is 10.4. The lowest BCUT2D eigenvalue weighted by molar-refractivity contribution is -0.153. The zero-order valence-corrected chi connectivity index (χ0v) is 19.6. The molecule has 10 heteroatoms. The molecule has 2 amide bonds. The van der Waals surface area contributed by atoms with Crippen molar-refractivity contribution in [2.45, 2.75) is 24.3 Å². The first-order chi connectivity index (χ1) is 15.2. The highest BCUT2D eigenvalue weighted by atomic mass is 32.2. The van der Waals surface area contributed by atoms with Gasteiger partial charge in [0.25, 0.3) is 0 Å². The second kappa shape index (κ2) is 8.84. The summed E-state index contributed by atoms with van der Waals surface area (Å²) in [6.45, 7) is 4.88. The molecule has 0 aromatic heterocycles. The number of benzene rings is 1. The number of piperazine rings is 2. The van der Waals surface area contributed by atoms with Crippen molar-refractivity contribution >= 4 is 27.4 Å². The minimum Gasteiger partial charge on any atom is -0.493 e. The molecule has 174 valence electrons. The lowest BCUT2D eigenvalue weighted by Crippen LogP contribution is -2.59. The molecule has 0 spiro atoms. The van der Waals surface area contributed by atoms with E-state index in [2.05, 4.69) is 4.90 Å². The molecule has 0 bridgehead atoms. The fraction of sp³-hybridized carbons (Fsp3) is 0.545. The number of fused-ring (bicyclic) bond motifs is 1. The Kier molecular flexibility index (Phi) is 6.28. The van der Waals surface area contributed by atoms with Crippen LogP contribution in [0.2, 0.25) is 0 Å². The minimum atomic E-state index is -3.65. The van der Waals surface area contributed by atoms with Crippen LogP contribution in [0.1, 0.15) is 18.9 Å². The number of carbonyl (C=O) groups is 2. The van der Waals surface area contributed by atoms with Crippen molar-refractivity contribution in [2.75, 3.05) is 60.0 Å². The number of likely N-dealkylation sites (N-methyl/N-ethyl adjacent to an activating group) is 2. The molecule has 32 heavy (non-hydrogen) atoms. The second-order valence-electron chi connectivity index (χ2n) is 8.50. The molecule has 0 saturated carbocycles. The molecule has 3 aliphatic rings. The van der Waals surface area contributed by atoms with Gasteiger partial charge in [-0.1, -0.05) is 6.08 Å².